The van der Waals surface area contributed by atoms with E-state index in [1.807, 2.05) is 6.07 Å². The van der Waals surface area contributed by atoms with E-state index in [0.29, 0.717) is 12.2 Å². The highest BCUT2D eigenvalue weighted by molar-refractivity contribution is 9.10. The molecule has 0 bridgehead atoms. The number of benzene rings is 2. The third kappa shape index (κ3) is 2.52. The predicted octanol–water partition coefficient (Wildman–Crippen LogP) is 4.76. The zero-order chi connectivity index (χ0) is 14.7. The van der Waals surface area contributed by atoms with Gasteiger partial charge in [0.2, 0.25) is 0 Å². The molecule has 0 aromatic heterocycles. The summed E-state index contributed by atoms with van der Waals surface area (Å²) < 4.78 is 28.3. The van der Waals surface area contributed by atoms with Crippen molar-refractivity contribution >= 4 is 27.3 Å². The number of hydrogen-bond donors (Lipinski definition) is 0. The van der Waals surface area contributed by atoms with Crippen LogP contribution in [0.3, 0.4) is 0 Å². The second-order valence-electron chi connectivity index (χ2n) is 4.07. The first-order valence-electron chi connectivity index (χ1n) is 6.00. The van der Waals surface area contributed by atoms with Crippen LogP contribution in [0.1, 0.15) is 12.5 Å². The van der Waals surface area contributed by atoms with Gasteiger partial charge in [-0.15, -0.1) is 0 Å². The molecule has 0 amide bonds. The van der Waals surface area contributed by atoms with Gasteiger partial charge in [0.25, 0.3) is 0 Å². The minimum absolute atomic E-state index is 0.0901. The Morgan fingerprint density at radius 3 is 2.45 bits per heavy atom. The summed E-state index contributed by atoms with van der Waals surface area (Å²) >= 11 is 3.06. The molecule has 0 heterocycles. The Kier molecular flexibility index (Phi) is 4.35. The molecule has 0 spiro atoms. The number of nitriles is 1. The summed E-state index contributed by atoms with van der Waals surface area (Å²) in [6, 6.07) is 11.1. The molecule has 2 nitrogen and oxygen atoms in total. The molecule has 2 rings (SSSR count). The number of nitrogens with zero attached hydrogens (tertiary/aromatic N) is 2. The molecular weight excluding hydrogens is 326 g/mol. The van der Waals surface area contributed by atoms with Crippen molar-refractivity contribution in [3.63, 3.8) is 0 Å². The average Bonchev–Trinajstić information content (AvgIpc) is 2.46. The van der Waals surface area contributed by atoms with Crippen molar-refractivity contribution in [2.75, 3.05) is 11.4 Å². The molecule has 2 aromatic rings. The van der Waals surface area contributed by atoms with Crippen LogP contribution in [0.15, 0.2) is 40.9 Å². The minimum Gasteiger partial charge on any atom is -0.337 e. The lowest BCUT2D eigenvalue weighted by molar-refractivity contribution is 0.610. The van der Waals surface area contributed by atoms with E-state index in [4.69, 9.17) is 5.26 Å². The molecule has 0 radical (unpaired) electrons. The van der Waals surface area contributed by atoms with E-state index in [1.165, 1.54) is 23.1 Å². The molecule has 20 heavy (non-hydrogen) atoms. The van der Waals surface area contributed by atoms with Crippen molar-refractivity contribution in [3.05, 3.63) is 58.1 Å². The second kappa shape index (κ2) is 6.02. The van der Waals surface area contributed by atoms with E-state index < -0.39 is 11.6 Å². The number of rotatable bonds is 3. The van der Waals surface area contributed by atoms with Crippen LogP contribution >= 0.6 is 15.9 Å². The van der Waals surface area contributed by atoms with Crippen LogP contribution in [-0.4, -0.2) is 6.54 Å². The molecule has 0 fully saturated rings. The first kappa shape index (κ1) is 14.5. The topological polar surface area (TPSA) is 27.0 Å². The molecule has 0 unspecified atom stereocenters. The predicted molar refractivity (Wildman–Crippen MR) is 77.9 cm³/mol. The van der Waals surface area contributed by atoms with Crippen molar-refractivity contribution in [2.24, 2.45) is 0 Å². The SMILES string of the molecule is CCN(c1ccccc1F)c1ccc(C#N)c(Br)c1F. The maximum Gasteiger partial charge on any atom is 0.162 e. The fourth-order valence-corrected chi connectivity index (χ4v) is 2.40. The Morgan fingerprint density at radius 1 is 1.15 bits per heavy atom. The number of hydrogen-bond acceptors (Lipinski definition) is 2. The van der Waals surface area contributed by atoms with Gasteiger partial charge in [-0.3, -0.25) is 0 Å². The highest BCUT2D eigenvalue weighted by atomic mass is 79.9. The number of para-hydroxylation sites is 1. The maximum atomic E-state index is 14.3. The molecule has 102 valence electrons. The minimum atomic E-state index is -0.575. The molecule has 0 saturated heterocycles. The van der Waals surface area contributed by atoms with Gasteiger partial charge in [0.05, 0.1) is 21.4 Å². The van der Waals surface area contributed by atoms with E-state index in [0.717, 1.165) is 0 Å². The molecule has 0 saturated carbocycles. The molecule has 0 aliphatic rings. The van der Waals surface area contributed by atoms with Crippen LogP contribution in [0.4, 0.5) is 20.2 Å². The van der Waals surface area contributed by atoms with Gasteiger partial charge in [0, 0.05) is 6.54 Å². The van der Waals surface area contributed by atoms with Gasteiger partial charge in [0.1, 0.15) is 11.9 Å². The third-order valence-corrected chi connectivity index (χ3v) is 3.71. The highest BCUT2D eigenvalue weighted by Crippen LogP contribution is 2.34. The average molecular weight is 337 g/mol. The quantitative estimate of drug-likeness (QED) is 0.808. The highest BCUT2D eigenvalue weighted by Gasteiger charge is 2.18. The van der Waals surface area contributed by atoms with E-state index in [9.17, 15) is 8.78 Å². The fraction of sp³-hybridized carbons (Fsp3) is 0.133. The van der Waals surface area contributed by atoms with Crippen molar-refractivity contribution in [1.82, 2.24) is 0 Å². The van der Waals surface area contributed by atoms with Crippen LogP contribution in [0, 0.1) is 23.0 Å². The van der Waals surface area contributed by atoms with Crippen molar-refractivity contribution in [3.8, 4) is 6.07 Å². The Hall–Kier alpha value is -1.93. The van der Waals surface area contributed by atoms with Gasteiger partial charge in [-0.25, -0.2) is 8.78 Å². The summed E-state index contributed by atoms with van der Waals surface area (Å²) in [5.74, 6) is -0.997. The largest absolute Gasteiger partial charge is 0.337 e. The van der Waals surface area contributed by atoms with E-state index in [-0.39, 0.29) is 15.7 Å². The van der Waals surface area contributed by atoms with E-state index in [1.54, 1.807) is 25.1 Å². The smallest absolute Gasteiger partial charge is 0.162 e. The monoisotopic (exact) mass is 336 g/mol. The van der Waals surface area contributed by atoms with Crippen LogP contribution in [0.25, 0.3) is 0 Å². The standard InChI is InChI=1S/C15H11BrF2N2/c1-2-20(12-6-4-3-5-11(12)17)13-8-7-10(9-19)14(16)15(13)18/h3-8H,2H2,1H3. The normalized spacial score (nSPS) is 10.2. The summed E-state index contributed by atoms with van der Waals surface area (Å²) in [6.07, 6.45) is 0. The van der Waals surface area contributed by atoms with Gasteiger partial charge in [0.15, 0.2) is 5.82 Å². The van der Waals surface area contributed by atoms with Crippen LogP contribution in [0.2, 0.25) is 0 Å². The van der Waals surface area contributed by atoms with Crippen LogP contribution in [0.5, 0.6) is 0 Å². The lowest BCUT2D eigenvalue weighted by Crippen LogP contribution is -2.19. The summed E-state index contributed by atoms with van der Waals surface area (Å²) in [5, 5.41) is 8.87. The zero-order valence-corrected chi connectivity index (χ0v) is 12.3. The summed E-state index contributed by atoms with van der Waals surface area (Å²) in [4.78, 5) is 1.52. The summed E-state index contributed by atoms with van der Waals surface area (Å²) in [6.45, 7) is 2.20. The van der Waals surface area contributed by atoms with Crippen molar-refractivity contribution in [2.45, 2.75) is 6.92 Å². The van der Waals surface area contributed by atoms with Crippen LogP contribution in [-0.2, 0) is 0 Å². The summed E-state index contributed by atoms with van der Waals surface area (Å²) in [7, 11) is 0. The fourth-order valence-electron chi connectivity index (χ4n) is 1.98. The van der Waals surface area contributed by atoms with Crippen molar-refractivity contribution in [1.29, 1.82) is 5.26 Å². The maximum absolute atomic E-state index is 14.3. The van der Waals surface area contributed by atoms with Crippen molar-refractivity contribution < 1.29 is 8.78 Å². The third-order valence-electron chi connectivity index (χ3n) is 2.93. The van der Waals surface area contributed by atoms with Gasteiger partial charge in [-0.2, -0.15) is 5.26 Å². The van der Waals surface area contributed by atoms with Gasteiger partial charge in [-0.05, 0) is 47.1 Å². The molecule has 0 aliphatic heterocycles. The number of halogens is 3. The van der Waals surface area contributed by atoms with E-state index in [2.05, 4.69) is 15.9 Å². The molecule has 5 heteroatoms. The zero-order valence-electron chi connectivity index (χ0n) is 10.7. The first-order valence-corrected chi connectivity index (χ1v) is 6.79. The molecule has 2 aromatic carbocycles. The summed E-state index contributed by atoms with van der Waals surface area (Å²) in [5.41, 5.74) is 0.727. The first-order chi connectivity index (χ1) is 9.60. The van der Waals surface area contributed by atoms with Gasteiger partial charge < -0.3 is 4.90 Å². The lowest BCUT2D eigenvalue weighted by Gasteiger charge is -2.24. The molecule has 0 atom stereocenters. The van der Waals surface area contributed by atoms with Gasteiger partial charge in [-0.1, -0.05) is 12.1 Å². The Balaban J connectivity index is 2.57. The molecule has 0 N–H and O–H groups in total. The Morgan fingerprint density at radius 2 is 1.85 bits per heavy atom. The molecular formula is C15H11BrF2N2. The van der Waals surface area contributed by atoms with Crippen LogP contribution < -0.4 is 4.90 Å². The number of anilines is 2. The van der Waals surface area contributed by atoms with Gasteiger partial charge >= 0.3 is 0 Å². The van der Waals surface area contributed by atoms with E-state index >= 15 is 0 Å². The molecule has 0 aliphatic carbocycles. The lowest BCUT2D eigenvalue weighted by atomic mass is 10.1. The second-order valence-corrected chi connectivity index (χ2v) is 4.86. The Bertz CT molecular complexity index is 680. The Labute approximate surface area is 124 Å².